The normalized spacial score (nSPS) is 16.4. The van der Waals surface area contributed by atoms with Gasteiger partial charge in [0, 0.05) is 6.07 Å². The molecule has 0 saturated heterocycles. The van der Waals surface area contributed by atoms with Crippen LogP contribution in [0.5, 0.6) is 17.2 Å². The number of hydrogen-bond donors (Lipinski definition) is 0. The van der Waals surface area contributed by atoms with Crippen molar-refractivity contribution < 1.29 is 32.0 Å². The van der Waals surface area contributed by atoms with E-state index < -0.39 is 7.11 Å². The van der Waals surface area contributed by atoms with Gasteiger partial charge in [0.15, 0.2) is 6.21 Å². The first-order chi connectivity index (χ1) is 12.8. The van der Waals surface area contributed by atoms with Crippen LogP contribution in [0.1, 0.15) is 11.1 Å². The number of benzene rings is 2. The maximum Gasteiger partial charge on any atom is 0.725 e. The van der Waals surface area contributed by atoms with E-state index in [-0.39, 0.29) is 11.5 Å². The van der Waals surface area contributed by atoms with Crippen molar-refractivity contribution in [3.8, 4) is 17.2 Å². The number of allylic oxidation sites excluding steroid dienone is 1. The number of nitrogens with zero attached hydrogens (tertiary/aromatic N) is 1. The van der Waals surface area contributed by atoms with Crippen molar-refractivity contribution >= 4 is 24.7 Å². The predicted octanol–water partition coefficient (Wildman–Crippen LogP) is 3.70. The predicted molar refractivity (Wildman–Crippen MR) is 101 cm³/mol. The summed E-state index contributed by atoms with van der Waals surface area (Å²) >= 11 is 0. The van der Waals surface area contributed by atoms with E-state index in [1.807, 2.05) is 14.1 Å². The Balaban J connectivity index is 2.25. The van der Waals surface area contributed by atoms with Crippen molar-refractivity contribution in [2.75, 3.05) is 28.3 Å². The fourth-order valence-corrected chi connectivity index (χ4v) is 2.79. The van der Waals surface area contributed by atoms with Crippen LogP contribution in [0.15, 0.2) is 42.5 Å². The molecule has 0 N–H and O–H groups in total. The Labute approximate surface area is 156 Å². The third kappa shape index (κ3) is 4.05. The lowest BCUT2D eigenvalue weighted by Crippen LogP contribution is -2.39. The van der Waals surface area contributed by atoms with Gasteiger partial charge < -0.3 is 27.4 Å². The molecule has 0 atom stereocenters. The molecule has 2 aromatic rings. The highest BCUT2D eigenvalue weighted by molar-refractivity contribution is 6.55. The van der Waals surface area contributed by atoms with Crippen molar-refractivity contribution in [2.24, 2.45) is 0 Å². The molecule has 0 saturated carbocycles. The van der Waals surface area contributed by atoms with E-state index >= 15 is 0 Å². The van der Waals surface area contributed by atoms with Crippen molar-refractivity contribution in [2.45, 2.75) is 0 Å². The van der Waals surface area contributed by atoms with Crippen molar-refractivity contribution in [1.82, 2.24) is 0 Å². The molecule has 0 radical (unpaired) electrons. The minimum atomic E-state index is -4.51. The third-order valence-electron chi connectivity index (χ3n) is 3.99. The largest absolute Gasteiger partial charge is 0.725 e. The Morgan fingerprint density at radius 3 is 2.19 bits per heavy atom. The van der Waals surface area contributed by atoms with Gasteiger partial charge in [0.1, 0.15) is 25.6 Å². The van der Waals surface area contributed by atoms with Crippen molar-refractivity contribution in [1.29, 1.82) is 0 Å². The summed E-state index contributed by atoms with van der Waals surface area (Å²) in [5, 5.41) is 0. The van der Waals surface area contributed by atoms with Gasteiger partial charge in [-0.1, -0.05) is 12.1 Å². The van der Waals surface area contributed by atoms with E-state index in [0.29, 0.717) is 28.2 Å². The number of methoxy groups -OCH3 is 2. The van der Waals surface area contributed by atoms with Crippen LogP contribution in [-0.4, -0.2) is 46.2 Å². The van der Waals surface area contributed by atoms with Gasteiger partial charge in [-0.05, 0) is 29.8 Å². The van der Waals surface area contributed by atoms with Gasteiger partial charge in [-0.2, -0.15) is 0 Å². The van der Waals surface area contributed by atoms with Gasteiger partial charge in [0.05, 0.1) is 36.9 Å². The molecular weight excluding hydrogens is 355 g/mol. The number of ether oxygens (including phenoxy) is 2. The SMILES string of the molecule is COc1ccc(/C(C=[N+](C)C)=C2/O[B-](F)(F)Oc3cc(OC)ccc32)cc1. The van der Waals surface area contributed by atoms with Crippen LogP contribution >= 0.6 is 0 Å². The molecule has 3 rings (SSSR count). The smallest absolute Gasteiger partial charge is 0.627 e. The Morgan fingerprint density at radius 1 is 0.963 bits per heavy atom. The maximum atomic E-state index is 14.2. The van der Waals surface area contributed by atoms with Crippen LogP contribution in [0.3, 0.4) is 0 Å². The van der Waals surface area contributed by atoms with Gasteiger partial charge in [-0.3, -0.25) is 0 Å². The second kappa shape index (κ2) is 7.30. The second-order valence-corrected chi connectivity index (χ2v) is 6.20. The Bertz CT molecular complexity index is 906. The molecule has 0 fully saturated rings. The molecule has 5 nitrogen and oxygen atoms in total. The van der Waals surface area contributed by atoms with E-state index in [1.54, 1.807) is 54.3 Å². The molecular formula is C19H20BF2NO4. The first kappa shape index (κ1) is 18.8. The fraction of sp³-hybridized carbons (Fsp3) is 0.211. The summed E-state index contributed by atoms with van der Waals surface area (Å²) in [6.45, 7) is 0. The van der Waals surface area contributed by atoms with E-state index in [9.17, 15) is 8.63 Å². The number of fused-ring (bicyclic) bond motifs is 1. The molecule has 1 aliphatic heterocycles. The zero-order chi connectivity index (χ0) is 19.6. The maximum absolute atomic E-state index is 14.2. The molecule has 0 aliphatic carbocycles. The lowest BCUT2D eigenvalue weighted by atomic mass is 9.97. The molecule has 2 aromatic carbocycles. The van der Waals surface area contributed by atoms with Crippen LogP contribution < -0.4 is 14.1 Å². The summed E-state index contributed by atoms with van der Waals surface area (Å²) in [7, 11) is 2.13. The Kier molecular flexibility index (Phi) is 5.07. The molecule has 0 spiro atoms. The molecule has 27 heavy (non-hydrogen) atoms. The van der Waals surface area contributed by atoms with E-state index in [4.69, 9.17) is 18.8 Å². The summed E-state index contributed by atoms with van der Waals surface area (Å²) in [5.41, 5.74) is 1.63. The Hall–Kier alpha value is -3.03. The van der Waals surface area contributed by atoms with Crippen LogP contribution in [0, 0.1) is 0 Å². The topological polar surface area (TPSA) is 39.9 Å². The van der Waals surface area contributed by atoms with E-state index in [0.717, 1.165) is 0 Å². The molecule has 0 bridgehead atoms. The molecule has 0 unspecified atom stereocenters. The molecule has 8 heteroatoms. The van der Waals surface area contributed by atoms with Gasteiger partial charge in [0.2, 0.25) is 0 Å². The zero-order valence-corrected chi connectivity index (χ0v) is 15.5. The summed E-state index contributed by atoms with van der Waals surface area (Å²) in [6, 6.07) is 11.8. The van der Waals surface area contributed by atoms with Crippen molar-refractivity contribution in [3.63, 3.8) is 0 Å². The highest BCUT2D eigenvalue weighted by Crippen LogP contribution is 2.42. The standard InChI is InChI=1S/C19H20BF2NO4/c1-23(2)12-17(13-5-7-14(24-3)8-6-13)19-16-10-9-15(25-4)11-18(16)26-20(21,22)27-19/h5-12H,1-4H3/b19-17+. The monoisotopic (exact) mass is 375 g/mol. The number of rotatable bonds is 4. The van der Waals surface area contributed by atoms with Crippen LogP contribution in [0.4, 0.5) is 8.63 Å². The van der Waals surface area contributed by atoms with Gasteiger partial charge in [0.25, 0.3) is 0 Å². The summed E-state index contributed by atoms with van der Waals surface area (Å²) in [5.74, 6) is 1.14. The minimum Gasteiger partial charge on any atom is -0.627 e. The Morgan fingerprint density at radius 2 is 1.59 bits per heavy atom. The number of halogens is 2. The first-order valence-corrected chi connectivity index (χ1v) is 8.29. The highest BCUT2D eigenvalue weighted by atomic mass is 19.3. The molecule has 142 valence electrons. The quantitative estimate of drug-likeness (QED) is 0.464. The van der Waals surface area contributed by atoms with Crippen LogP contribution in [0.2, 0.25) is 0 Å². The summed E-state index contributed by atoms with van der Waals surface area (Å²) in [4.78, 5) is 0. The van der Waals surface area contributed by atoms with E-state index in [1.165, 1.54) is 13.2 Å². The highest BCUT2D eigenvalue weighted by Gasteiger charge is 2.40. The average Bonchev–Trinajstić information content (AvgIpc) is 2.64. The summed E-state index contributed by atoms with van der Waals surface area (Å²) in [6.07, 6.45) is 1.72. The van der Waals surface area contributed by atoms with Gasteiger partial charge >= 0.3 is 7.11 Å². The lowest BCUT2D eigenvalue weighted by Gasteiger charge is -2.37. The van der Waals surface area contributed by atoms with Gasteiger partial charge in [-0.25, -0.2) is 4.58 Å². The molecule has 1 heterocycles. The molecule has 1 aliphatic rings. The molecule has 0 amide bonds. The van der Waals surface area contributed by atoms with Crippen LogP contribution in [0.25, 0.3) is 11.3 Å². The minimum absolute atomic E-state index is 0.0127. The summed E-state index contributed by atoms with van der Waals surface area (Å²) < 4.78 is 50.2. The lowest BCUT2D eigenvalue weighted by molar-refractivity contribution is -0.458. The van der Waals surface area contributed by atoms with E-state index in [2.05, 4.69) is 0 Å². The third-order valence-corrected chi connectivity index (χ3v) is 3.99. The number of hydrogen-bond acceptors (Lipinski definition) is 4. The zero-order valence-electron chi connectivity index (χ0n) is 15.5. The fourth-order valence-electron chi connectivity index (χ4n) is 2.79. The molecule has 0 aromatic heterocycles. The van der Waals surface area contributed by atoms with Crippen LogP contribution in [-0.2, 0) is 4.65 Å². The average molecular weight is 375 g/mol. The first-order valence-electron chi connectivity index (χ1n) is 8.29. The van der Waals surface area contributed by atoms with Crippen molar-refractivity contribution in [3.05, 3.63) is 53.6 Å². The van der Waals surface area contributed by atoms with Gasteiger partial charge in [-0.15, -0.1) is 0 Å². The second-order valence-electron chi connectivity index (χ2n) is 6.20.